The van der Waals surface area contributed by atoms with Crippen LogP contribution in [0, 0.1) is 0 Å². The van der Waals surface area contributed by atoms with Crippen molar-refractivity contribution >= 4 is 27.6 Å². The second-order valence-corrected chi connectivity index (χ2v) is 3.32. The molecular weight excluding hydrogens is 198 g/mol. The first kappa shape index (κ1) is 10.5. The topological polar surface area (TPSA) is 68.0 Å². The molecule has 5 heteroatoms. The molecule has 2 rings (SSSR count). The normalized spacial score (nSPS) is 8.93. The van der Waals surface area contributed by atoms with Crippen molar-refractivity contribution in [3.63, 3.8) is 0 Å². The van der Waals surface area contributed by atoms with E-state index in [1.54, 1.807) is 11.3 Å². The minimum Gasteiger partial charge on any atom is -0.352 e. The third-order valence-electron chi connectivity index (χ3n) is 1.48. The highest BCUT2D eigenvalue weighted by Gasteiger charge is 1.89. The van der Waals surface area contributed by atoms with Gasteiger partial charge in [0.15, 0.2) is 0 Å². The van der Waals surface area contributed by atoms with Gasteiger partial charge >= 0.3 is 6.03 Å². The number of thiazole rings is 1. The van der Waals surface area contributed by atoms with Crippen molar-refractivity contribution < 1.29 is 4.79 Å². The highest BCUT2D eigenvalue weighted by molar-refractivity contribution is 7.16. The van der Waals surface area contributed by atoms with Crippen LogP contribution in [0.2, 0.25) is 0 Å². The molecule has 0 radical (unpaired) electrons. The fourth-order valence-corrected chi connectivity index (χ4v) is 1.48. The Hall–Kier alpha value is -1.62. The fourth-order valence-electron chi connectivity index (χ4n) is 0.803. The number of carbonyl (C=O) groups excluding carboxylic acids is 1. The Bertz CT molecular complexity index is 383. The number of aromatic nitrogens is 1. The molecule has 0 spiro atoms. The number of nitrogens with zero attached hydrogens (tertiary/aromatic N) is 1. The van der Waals surface area contributed by atoms with Gasteiger partial charge in [-0.2, -0.15) is 0 Å². The van der Waals surface area contributed by atoms with Crippen LogP contribution in [0.25, 0.3) is 10.2 Å². The lowest BCUT2D eigenvalue weighted by Gasteiger charge is -1.80. The number of primary amides is 1. The third-order valence-corrected chi connectivity index (χ3v) is 2.29. The van der Waals surface area contributed by atoms with Crippen molar-refractivity contribution in [2.75, 3.05) is 7.05 Å². The first-order chi connectivity index (χ1) is 6.74. The van der Waals surface area contributed by atoms with E-state index in [0.717, 1.165) is 5.52 Å². The van der Waals surface area contributed by atoms with Crippen LogP contribution in [-0.2, 0) is 0 Å². The fraction of sp³-hybridized carbons (Fsp3) is 0.111. The summed E-state index contributed by atoms with van der Waals surface area (Å²) in [4.78, 5) is 13.6. The summed E-state index contributed by atoms with van der Waals surface area (Å²) in [6.45, 7) is 0. The van der Waals surface area contributed by atoms with Crippen LogP contribution < -0.4 is 11.1 Å². The van der Waals surface area contributed by atoms with Crippen LogP contribution in [0.1, 0.15) is 0 Å². The van der Waals surface area contributed by atoms with Crippen molar-refractivity contribution in [3.8, 4) is 0 Å². The molecule has 0 atom stereocenters. The maximum atomic E-state index is 9.48. The van der Waals surface area contributed by atoms with Gasteiger partial charge in [0.2, 0.25) is 0 Å². The molecule has 74 valence electrons. The van der Waals surface area contributed by atoms with Crippen LogP contribution >= 0.6 is 11.3 Å². The molecule has 0 unspecified atom stereocenters. The molecule has 0 fully saturated rings. The number of urea groups is 1. The van der Waals surface area contributed by atoms with Crippen molar-refractivity contribution in [1.82, 2.24) is 10.3 Å². The van der Waals surface area contributed by atoms with Crippen molar-refractivity contribution in [2.24, 2.45) is 5.73 Å². The largest absolute Gasteiger partial charge is 0.352 e. The summed E-state index contributed by atoms with van der Waals surface area (Å²) in [5.74, 6) is 0. The zero-order valence-corrected chi connectivity index (χ0v) is 8.54. The molecule has 2 amide bonds. The van der Waals surface area contributed by atoms with Gasteiger partial charge < -0.3 is 11.1 Å². The van der Waals surface area contributed by atoms with Crippen molar-refractivity contribution in [3.05, 3.63) is 29.8 Å². The predicted molar refractivity (Wildman–Crippen MR) is 58.3 cm³/mol. The maximum absolute atomic E-state index is 9.48. The molecule has 0 aliphatic carbocycles. The zero-order valence-electron chi connectivity index (χ0n) is 7.73. The van der Waals surface area contributed by atoms with E-state index in [1.807, 2.05) is 23.7 Å². The molecule has 0 saturated heterocycles. The number of para-hydroxylation sites is 1. The number of nitrogens with one attached hydrogen (secondary N) is 1. The van der Waals surface area contributed by atoms with E-state index >= 15 is 0 Å². The van der Waals surface area contributed by atoms with E-state index in [1.165, 1.54) is 11.7 Å². The predicted octanol–water partition coefficient (Wildman–Crippen LogP) is 1.58. The number of hydrogen-bond acceptors (Lipinski definition) is 3. The van der Waals surface area contributed by atoms with Crippen LogP contribution in [0.3, 0.4) is 0 Å². The van der Waals surface area contributed by atoms with E-state index in [4.69, 9.17) is 0 Å². The second-order valence-electron chi connectivity index (χ2n) is 2.43. The molecule has 0 aliphatic heterocycles. The van der Waals surface area contributed by atoms with Crippen LogP contribution in [0.4, 0.5) is 4.79 Å². The number of fused-ring (bicyclic) bond motifs is 1. The van der Waals surface area contributed by atoms with Gasteiger partial charge in [-0.1, -0.05) is 12.1 Å². The molecule has 1 heterocycles. The number of benzene rings is 1. The summed E-state index contributed by atoms with van der Waals surface area (Å²) in [7, 11) is 1.47. The Morgan fingerprint density at radius 2 is 2.14 bits per heavy atom. The van der Waals surface area contributed by atoms with Gasteiger partial charge in [0.1, 0.15) is 0 Å². The smallest absolute Gasteiger partial charge is 0.311 e. The SMILES string of the molecule is CNC(N)=O.c1ccc2scnc2c1. The standard InChI is InChI=1S/C7H5NS.C2H6N2O/c1-2-4-7-6(3-1)8-5-9-7;1-4-2(3)5/h1-5H;1H3,(H3,3,4,5). The first-order valence-corrected chi connectivity index (χ1v) is 4.87. The van der Waals surface area contributed by atoms with Gasteiger partial charge in [0, 0.05) is 7.05 Å². The molecule has 0 saturated carbocycles. The Morgan fingerprint density at radius 1 is 1.50 bits per heavy atom. The molecule has 0 aliphatic rings. The van der Waals surface area contributed by atoms with Crippen LogP contribution in [0.5, 0.6) is 0 Å². The summed E-state index contributed by atoms with van der Waals surface area (Å²) >= 11 is 1.68. The molecule has 1 aromatic heterocycles. The average Bonchev–Trinajstić information content (AvgIpc) is 2.66. The summed E-state index contributed by atoms with van der Waals surface area (Å²) < 4.78 is 1.26. The lowest BCUT2D eigenvalue weighted by Crippen LogP contribution is -2.24. The van der Waals surface area contributed by atoms with Crippen LogP contribution in [-0.4, -0.2) is 18.1 Å². The van der Waals surface area contributed by atoms with E-state index in [-0.39, 0.29) is 0 Å². The van der Waals surface area contributed by atoms with Gasteiger partial charge in [-0.05, 0) is 12.1 Å². The average molecular weight is 209 g/mol. The molecule has 4 nitrogen and oxygen atoms in total. The second kappa shape index (κ2) is 5.18. The first-order valence-electron chi connectivity index (χ1n) is 3.99. The molecule has 2 aromatic rings. The van der Waals surface area contributed by atoms with Crippen molar-refractivity contribution in [2.45, 2.75) is 0 Å². The van der Waals surface area contributed by atoms with Gasteiger partial charge in [0.25, 0.3) is 0 Å². The Morgan fingerprint density at radius 3 is 2.71 bits per heavy atom. The Kier molecular flexibility index (Phi) is 3.87. The summed E-state index contributed by atoms with van der Waals surface area (Å²) in [5.41, 5.74) is 7.51. The molecule has 1 aromatic carbocycles. The zero-order chi connectivity index (χ0) is 10.4. The minimum atomic E-state index is -0.495. The Labute approximate surface area is 85.8 Å². The van der Waals surface area contributed by atoms with Gasteiger partial charge in [-0.15, -0.1) is 11.3 Å². The lowest BCUT2D eigenvalue weighted by molar-refractivity contribution is 0.251. The van der Waals surface area contributed by atoms with E-state index in [2.05, 4.69) is 22.1 Å². The molecular formula is C9H11N3OS. The van der Waals surface area contributed by atoms with Crippen LogP contribution in [0.15, 0.2) is 29.8 Å². The van der Waals surface area contributed by atoms with Gasteiger partial charge in [0.05, 0.1) is 15.7 Å². The number of nitrogens with two attached hydrogens (primary N) is 1. The van der Waals surface area contributed by atoms with E-state index in [0.29, 0.717) is 0 Å². The van der Waals surface area contributed by atoms with Gasteiger partial charge in [-0.3, -0.25) is 0 Å². The molecule has 14 heavy (non-hydrogen) atoms. The Balaban J connectivity index is 0.000000171. The highest BCUT2D eigenvalue weighted by atomic mass is 32.1. The molecule has 0 bridgehead atoms. The monoisotopic (exact) mass is 209 g/mol. The number of carbonyl (C=O) groups is 1. The number of amides is 2. The quantitative estimate of drug-likeness (QED) is 0.691. The lowest BCUT2D eigenvalue weighted by atomic mass is 10.3. The third kappa shape index (κ3) is 3.02. The summed E-state index contributed by atoms with van der Waals surface area (Å²) in [5, 5.41) is 2.17. The summed E-state index contributed by atoms with van der Waals surface area (Å²) in [6.07, 6.45) is 0. The number of hydrogen-bond donors (Lipinski definition) is 2. The van der Waals surface area contributed by atoms with Crippen molar-refractivity contribution in [1.29, 1.82) is 0 Å². The maximum Gasteiger partial charge on any atom is 0.311 e. The summed E-state index contributed by atoms with van der Waals surface area (Å²) in [6, 6.07) is 7.63. The highest BCUT2D eigenvalue weighted by Crippen LogP contribution is 2.15. The van der Waals surface area contributed by atoms with Gasteiger partial charge in [-0.25, -0.2) is 9.78 Å². The minimum absolute atomic E-state index is 0.495. The van der Waals surface area contributed by atoms with E-state index < -0.39 is 6.03 Å². The number of rotatable bonds is 0. The molecule has 3 N–H and O–H groups in total. The van der Waals surface area contributed by atoms with E-state index in [9.17, 15) is 4.79 Å².